The zero-order valence-corrected chi connectivity index (χ0v) is 19.2. The van der Waals surface area contributed by atoms with Gasteiger partial charge in [-0.05, 0) is 30.4 Å². The van der Waals surface area contributed by atoms with Gasteiger partial charge in [0.25, 0.3) is 0 Å². The first kappa shape index (κ1) is 23.8. The monoisotopic (exact) mass is 517 g/mol. The zero-order valence-electron chi connectivity index (χ0n) is 16.8. The highest BCUT2D eigenvalue weighted by molar-refractivity contribution is 9.10. The number of carbonyl (C=O) groups is 3. The molecule has 2 aliphatic rings. The number of rotatable bonds is 9. The highest BCUT2D eigenvalue weighted by Crippen LogP contribution is 2.47. The second-order valence-corrected chi connectivity index (χ2v) is 9.62. The summed E-state index contributed by atoms with van der Waals surface area (Å²) < 4.78 is 18.8. The molecule has 1 aromatic carbocycles. The highest BCUT2D eigenvalue weighted by atomic mass is 79.9. The number of hydrogen-bond acceptors (Lipinski definition) is 6. The minimum Gasteiger partial charge on any atom is -0.368 e. The Hall–Kier alpha value is -1.89. The van der Waals surface area contributed by atoms with Crippen molar-refractivity contribution < 1.29 is 23.6 Å². The van der Waals surface area contributed by atoms with Crippen molar-refractivity contribution in [1.29, 1.82) is 0 Å². The lowest BCUT2D eigenvalue weighted by Gasteiger charge is -2.29. The molecule has 3 rings (SSSR count). The number of alkyl halides is 1. The van der Waals surface area contributed by atoms with E-state index >= 15 is 0 Å². The van der Waals surface area contributed by atoms with E-state index < -0.39 is 27.9 Å². The van der Waals surface area contributed by atoms with Gasteiger partial charge in [-0.1, -0.05) is 50.8 Å². The van der Waals surface area contributed by atoms with E-state index in [1.54, 1.807) is 4.90 Å². The third-order valence-corrected chi connectivity index (χ3v) is 7.72. The number of benzene rings is 1. The van der Waals surface area contributed by atoms with Gasteiger partial charge in [0.15, 0.2) is 10.6 Å². The second-order valence-electron chi connectivity index (χ2n) is 7.28. The molecule has 2 fully saturated rings. The Morgan fingerprint density at radius 3 is 2.74 bits per heavy atom. The Labute approximate surface area is 192 Å². The minimum atomic E-state index is -1.68. The van der Waals surface area contributed by atoms with E-state index in [-0.39, 0.29) is 17.0 Å². The van der Waals surface area contributed by atoms with E-state index in [9.17, 15) is 18.9 Å². The summed E-state index contributed by atoms with van der Waals surface area (Å²) in [6.07, 6.45) is 0.672. The van der Waals surface area contributed by atoms with Gasteiger partial charge in [-0.25, -0.2) is 4.79 Å². The second kappa shape index (κ2) is 10.6. The van der Waals surface area contributed by atoms with Crippen molar-refractivity contribution in [2.75, 3.05) is 19.6 Å². The molecule has 0 aromatic heterocycles. The van der Waals surface area contributed by atoms with Crippen LogP contribution in [0.25, 0.3) is 0 Å². The van der Waals surface area contributed by atoms with Crippen molar-refractivity contribution in [1.82, 2.24) is 20.1 Å². The molecule has 3 unspecified atom stereocenters. The van der Waals surface area contributed by atoms with Gasteiger partial charge in [0.05, 0.1) is 6.61 Å². The summed E-state index contributed by atoms with van der Waals surface area (Å²) in [7, 11) is 0. The first-order chi connectivity index (χ1) is 14.8. The number of ether oxygens (including phenoxy) is 1. The Morgan fingerprint density at radius 2 is 2.10 bits per heavy atom. The molecule has 170 valence electrons. The van der Waals surface area contributed by atoms with Gasteiger partial charge in [-0.3, -0.25) is 9.59 Å². The van der Waals surface area contributed by atoms with Crippen LogP contribution in [0.2, 0.25) is 0 Å². The number of likely N-dealkylation sites (tertiary alicyclic amines) is 1. The summed E-state index contributed by atoms with van der Waals surface area (Å²) in [6.45, 7) is 1.69. The van der Waals surface area contributed by atoms with Gasteiger partial charge in [0, 0.05) is 26.1 Å². The fourth-order valence-corrected chi connectivity index (χ4v) is 5.30. The number of urea groups is 1. The maximum atomic E-state index is 14.6. The SMILES string of the molecule is NC(=O)C1(Br)C(NC(=O)NCCCN2CCCC2=O)SN(F)C1OCc1ccccc1. The van der Waals surface area contributed by atoms with Crippen molar-refractivity contribution in [2.24, 2.45) is 5.73 Å². The Balaban J connectivity index is 1.52. The van der Waals surface area contributed by atoms with Gasteiger partial charge in [0.2, 0.25) is 11.8 Å². The number of halogens is 2. The summed E-state index contributed by atoms with van der Waals surface area (Å²) in [5.41, 5.74) is 6.34. The van der Waals surface area contributed by atoms with Crippen molar-refractivity contribution in [2.45, 2.75) is 41.8 Å². The predicted molar refractivity (Wildman–Crippen MR) is 117 cm³/mol. The van der Waals surface area contributed by atoms with Crippen molar-refractivity contribution in [3.8, 4) is 0 Å². The number of nitrogens with zero attached hydrogens (tertiary/aromatic N) is 2. The number of amides is 4. The number of nitrogens with one attached hydrogen (secondary N) is 2. The van der Waals surface area contributed by atoms with Crippen molar-refractivity contribution in [3.63, 3.8) is 0 Å². The van der Waals surface area contributed by atoms with Crippen LogP contribution >= 0.6 is 27.9 Å². The molecule has 1 aromatic rings. The summed E-state index contributed by atoms with van der Waals surface area (Å²) in [5, 5.41) is 4.19. The molecule has 0 bridgehead atoms. The molecule has 4 amide bonds. The first-order valence-electron chi connectivity index (χ1n) is 9.90. The van der Waals surface area contributed by atoms with Crippen LogP contribution < -0.4 is 16.4 Å². The number of primary amides is 1. The average molecular weight is 518 g/mol. The van der Waals surface area contributed by atoms with Crippen LogP contribution in [0.3, 0.4) is 0 Å². The van der Waals surface area contributed by atoms with Crippen LogP contribution in [0, 0.1) is 0 Å². The number of nitrogens with two attached hydrogens (primary N) is 1. The summed E-state index contributed by atoms with van der Waals surface area (Å²) in [6, 6.07) is 8.52. The molecule has 2 heterocycles. The Bertz CT molecular complexity index is 807. The van der Waals surface area contributed by atoms with Gasteiger partial charge < -0.3 is 26.0 Å². The zero-order chi connectivity index (χ0) is 22.4. The quantitative estimate of drug-likeness (QED) is 0.198. The van der Waals surface area contributed by atoms with Crippen LogP contribution in [0.5, 0.6) is 0 Å². The highest BCUT2D eigenvalue weighted by Gasteiger charge is 2.60. The predicted octanol–water partition coefficient (Wildman–Crippen LogP) is 1.63. The summed E-state index contributed by atoms with van der Waals surface area (Å²) >= 11 is 3.83. The lowest BCUT2D eigenvalue weighted by Crippen LogP contribution is -2.59. The summed E-state index contributed by atoms with van der Waals surface area (Å²) in [4.78, 5) is 37.9. The van der Waals surface area contributed by atoms with Crippen LogP contribution in [0.1, 0.15) is 24.8 Å². The molecular weight excluding hydrogens is 493 g/mol. The largest absolute Gasteiger partial charge is 0.368 e. The number of carbonyl (C=O) groups excluding carboxylic acids is 3. The maximum absolute atomic E-state index is 14.6. The fraction of sp³-hybridized carbons (Fsp3) is 0.526. The van der Waals surface area contributed by atoms with E-state index in [1.807, 2.05) is 30.3 Å². The van der Waals surface area contributed by atoms with Crippen molar-refractivity contribution in [3.05, 3.63) is 35.9 Å². The molecule has 31 heavy (non-hydrogen) atoms. The molecule has 0 spiro atoms. The van der Waals surface area contributed by atoms with Crippen LogP contribution in [-0.2, 0) is 20.9 Å². The molecule has 12 heteroatoms. The molecule has 2 aliphatic heterocycles. The fourth-order valence-electron chi connectivity index (χ4n) is 3.40. The lowest BCUT2D eigenvalue weighted by molar-refractivity contribution is -0.137. The molecule has 0 aliphatic carbocycles. The molecule has 4 N–H and O–H groups in total. The van der Waals surface area contributed by atoms with Gasteiger partial charge in [-0.2, -0.15) is 0 Å². The normalized spacial score (nSPS) is 26.3. The third-order valence-electron chi connectivity index (χ3n) is 5.08. The number of hydrogen-bond donors (Lipinski definition) is 3. The van der Waals surface area contributed by atoms with E-state index in [0.717, 1.165) is 18.5 Å². The molecule has 3 atom stereocenters. The molecule has 0 saturated carbocycles. The summed E-state index contributed by atoms with van der Waals surface area (Å²) in [5.74, 6) is -0.738. The third kappa shape index (κ3) is 5.68. The van der Waals surface area contributed by atoms with E-state index in [1.165, 1.54) is 0 Å². The lowest BCUT2D eigenvalue weighted by atomic mass is 10.1. The average Bonchev–Trinajstić information content (AvgIpc) is 3.25. The molecule has 2 saturated heterocycles. The van der Waals surface area contributed by atoms with Gasteiger partial charge >= 0.3 is 6.03 Å². The molecule has 9 nitrogen and oxygen atoms in total. The minimum absolute atomic E-state index is 0.0568. The smallest absolute Gasteiger partial charge is 0.315 e. The van der Waals surface area contributed by atoms with Crippen LogP contribution in [0.15, 0.2) is 30.3 Å². The van der Waals surface area contributed by atoms with E-state index in [4.69, 9.17) is 10.5 Å². The topological polar surface area (TPSA) is 117 Å². The maximum Gasteiger partial charge on any atom is 0.315 e. The Morgan fingerprint density at radius 1 is 1.35 bits per heavy atom. The van der Waals surface area contributed by atoms with E-state index in [2.05, 4.69) is 26.6 Å². The van der Waals surface area contributed by atoms with Crippen LogP contribution in [0.4, 0.5) is 9.28 Å². The first-order valence-corrected chi connectivity index (χ1v) is 11.5. The molecular formula is C19H25BrFN5O4S. The Kier molecular flexibility index (Phi) is 8.14. The van der Waals surface area contributed by atoms with Crippen LogP contribution in [-0.4, -0.2) is 62.8 Å². The van der Waals surface area contributed by atoms with Gasteiger partial charge in [0.1, 0.15) is 5.37 Å². The standard InChI is InChI=1S/C19H25BrFN5O4S/c20-19(15(22)28)16(24-18(29)23-9-5-11-25-10-4-8-14(25)27)31-26(21)17(19)30-12-13-6-2-1-3-7-13/h1-3,6-7,16-17H,4-5,8-12H2,(H2,22,28)(H2,23,24,29). The van der Waals surface area contributed by atoms with Gasteiger partial charge in [-0.15, -0.1) is 4.48 Å². The van der Waals surface area contributed by atoms with E-state index in [0.29, 0.717) is 37.9 Å². The van der Waals surface area contributed by atoms with Crippen molar-refractivity contribution >= 4 is 45.7 Å². The molecule has 0 radical (unpaired) electrons.